The quantitative estimate of drug-likeness (QED) is 0.606. The Morgan fingerprint density at radius 1 is 1.42 bits per heavy atom. The Morgan fingerprint density at radius 3 is 3.08 bits per heavy atom. The van der Waals surface area contributed by atoms with E-state index in [1.54, 1.807) is 18.3 Å². The van der Waals surface area contributed by atoms with Crippen LogP contribution in [0.1, 0.15) is 0 Å². The molecule has 4 heteroatoms. The van der Waals surface area contributed by atoms with E-state index >= 15 is 0 Å². The summed E-state index contributed by atoms with van der Waals surface area (Å²) in [6.07, 6.45) is 1.56. The summed E-state index contributed by atoms with van der Waals surface area (Å²) in [5.41, 5.74) is 0.801. The Morgan fingerprint density at radius 2 is 2.25 bits per heavy atom. The number of phenols is 1. The van der Waals surface area contributed by atoms with E-state index in [0.717, 1.165) is 5.52 Å². The SMILES string of the molecule is Oc1cccc2[nH]c(=S)ncc12. The third-order valence-electron chi connectivity index (χ3n) is 1.64. The van der Waals surface area contributed by atoms with Crippen molar-refractivity contribution in [2.45, 2.75) is 0 Å². The number of benzene rings is 1. The minimum absolute atomic E-state index is 0.214. The number of rotatable bonds is 0. The smallest absolute Gasteiger partial charge is 0.197 e. The normalized spacial score (nSPS) is 10.3. The lowest BCUT2D eigenvalue weighted by Gasteiger charge is -1.98. The maximum Gasteiger partial charge on any atom is 0.197 e. The lowest BCUT2D eigenvalue weighted by atomic mass is 10.2. The van der Waals surface area contributed by atoms with Crippen LogP contribution in [-0.4, -0.2) is 15.1 Å². The van der Waals surface area contributed by atoms with E-state index < -0.39 is 0 Å². The van der Waals surface area contributed by atoms with Crippen LogP contribution in [0.4, 0.5) is 0 Å². The van der Waals surface area contributed by atoms with Gasteiger partial charge in [-0.25, -0.2) is 4.98 Å². The van der Waals surface area contributed by atoms with Gasteiger partial charge in [0.15, 0.2) is 4.77 Å². The fraction of sp³-hybridized carbons (Fsp3) is 0. The average Bonchev–Trinajstić information content (AvgIpc) is 2.04. The third kappa shape index (κ3) is 1.06. The predicted octanol–water partition coefficient (Wildman–Crippen LogP) is 2.00. The van der Waals surface area contributed by atoms with E-state index in [4.69, 9.17) is 12.2 Å². The van der Waals surface area contributed by atoms with Gasteiger partial charge in [-0.1, -0.05) is 6.07 Å². The van der Waals surface area contributed by atoms with Gasteiger partial charge in [-0.2, -0.15) is 0 Å². The van der Waals surface area contributed by atoms with Gasteiger partial charge < -0.3 is 10.1 Å². The molecule has 1 aromatic carbocycles. The second-order valence-corrected chi connectivity index (χ2v) is 2.81. The van der Waals surface area contributed by atoms with E-state index in [1.165, 1.54) is 0 Å². The van der Waals surface area contributed by atoms with Gasteiger partial charge in [-0.15, -0.1) is 0 Å². The van der Waals surface area contributed by atoms with E-state index in [-0.39, 0.29) is 5.75 Å². The van der Waals surface area contributed by atoms with Crippen molar-refractivity contribution in [3.8, 4) is 5.75 Å². The van der Waals surface area contributed by atoms with Crippen molar-refractivity contribution in [2.24, 2.45) is 0 Å². The molecule has 0 saturated carbocycles. The number of phenolic OH excluding ortho intramolecular Hbond substituents is 1. The number of aromatic nitrogens is 2. The summed E-state index contributed by atoms with van der Waals surface area (Å²) in [7, 11) is 0. The van der Waals surface area contributed by atoms with E-state index in [0.29, 0.717) is 10.2 Å². The molecule has 2 N–H and O–H groups in total. The molecule has 0 atom stereocenters. The van der Waals surface area contributed by atoms with Gasteiger partial charge in [-0.05, 0) is 24.4 Å². The molecule has 0 unspecified atom stereocenters. The Hall–Kier alpha value is -1.42. The number of H-pyrrole nitrogens is 1. The molecule has 1 heterocycles. The number of hydrogen-bond acceptors (Lipinski definition) is 3. The molecule has 3 nitrogen and oxygen atoms in total. The zero-order valence-corrected chi connectivity index (χ0v) is 6.93. The molecule has 0 aliphatic carbocycles. The van der Waals surface area contributed by atoms with Gasteiger partial charge in [0.25, 0.3) is 0 Å². The Kier molecular flexibility index (Phi) is 1.55. The van der Waals surface area contributed by atoms with Gasteiger partial charge in [0.2, 0.25) is 0 Å². The lowest BCUT2D eigenvalue weighted by molar-refractivity contribution is 0.481. The zero-order valence-electron chi connectivity index (χ0n) is 6.11. The molecule has 12 heavy (non-hydrogen) atoms. The number of nitrogens with one attached hydrogen (secondary N) is 1. The monoisotopic (exact) mass is 178 g/mol. The van der Waals surface area contributed by atoms with E-state index in [9.17, 15) is 5.11 Å². The number of aromatic amines is 1. The predicted molar refractivity (Wildman–Crippen MR) is 48.6 cm³/mol. The molecule has 0 aliphatic rings. The molecule has 0 spiro atoms. The van der Waals surface area contributed by atoms with Crippen molar-refractivity contribution in [1.82, 2.24) is 9.97 Å². The first-order valence-corrected chi connectivity index (χ1v) is 3.85. The summed E-state index contributed by atoms with van der Waals surface area (Å²) in [6.45, 7) is 0. The second-order valence-electron chi connectivity index (χ2n) is 2.43. The molecular weight excluding hydrogens is 172 g/mol. The molecule has 0 fully saturated rings. The first-order chi connectivity index (χ1) is 5.77. The zero-order chi connectivity index (χ0) is 8.55. The highest BCUT2D eigenvalue weighted by Gasteiger charge is 1.97. The summed E-state index contributed by atoms with van der Waals surface area (Å²) >= 11 is 4.83. The number of nitrogens with zero attached hydrogens (tertiary/aromatic N) is 1. The average molecular weight is 178 g/mol. The van der Waals surface area contributed by atoms with Crippen molar-refractivity contribution >= 4 is 23.1 Å². The highest BCUT2D eigenvalue weighted by atomic mass is 32.1. The maximum atomic E-state index is 9.37. The summed E-state index contributed by atoms with van der Waals surface area (Å²) in [5.74, 6) is 0.214. The molecule has 0 amide bonds. The molecule has 1 aromatic heterocycles. The largest absolute Gasteiger partial charge is 0.507 e. The summed E-state index contributed by atoms with van der Waals surface area (Å²) in [4.78, 5) is 6.74. The minimum Gasteiger partial charge on any atom is -0.507 e. The molecular formula is C8H6N2OS. The van der Waals surface area contributed by atoms with Crippen molar-refractivity contribution < 1.29 is 5.11 Å². The van der Waals surface area contributed by atoms with Crippen LogP contribution in [0.2, 0.25) is 0 Å². The van der Waals surface area contributed by atoms with Crippen LogP contribution in [0.3, 0.4) is 0 Å². The van der Waals surface area contributed by atoms with Crippen molar-refractivity contribution in [3.05, 3.63) is 29.2 Å². The summed E-state index contributed by atoms with van der Waals surface area (Å²) in [6, 6.07) is 5.20. The van der Waals surface area contributed by atoms with Gasteiger partial charge in [0, 0.05) is 6.20 Å². The first kappa shape index (κ1) is 7.24. The second kappa shape index (κ2) is 2.57. The topological polar surface area (TPSA) is 48.9 Å². The van der Waals surface area contributed by atoms with Crippen molar-refractivity contribution in [2.75, 3.05) is 0 Å². The maximum absolute atomic E-state index is 9.37. The van der Waals surface area contributed by atoms with Crippen LogP contribution < -0.4 is 0 Å². The summed E-state index contributed by atoms with van der Waals surface area (Å²) in [5, 5.41) is 10.1. The van der Waals surface area contributed by atoms with Crippen molar-refractivity contribution in [3.63, 3.8) is 0 Å². The van der Waals surface area contributed by atoms with Gasteiger partial charge in [0.05, 0.1) is 10.9 Å². The highest BCUT2D eigenvalue weighted by Crippen LogP contribution is 2.20. The van der Waals surface area contributed by atoms with Crippen LogP contribution >= 0.6 is 12.2 Å². The van der Waals surface area contributed by atoms with Crippen LogP contribution in [0.15, 0.2) is 24.4 Å². The molecule has 2 aromatic rings. The number of fused-ring (bicyclic) bond motifs is 1. The fourth-order valence-electron chi connectivity index (χ4n) is 1.07. The lowest BCUT2D eigenvalue weighted by Crippen LogP contribution is -1.82. The standard InChI is InChI=1S/C8H6N2OS/c11-7-3-1-2-6-5(7)4-9-8(12)10-6/h1-4,11H,(H,9,10,12). The van der Waals surface area contributed by atoms with Gasteiger partial charge in [-0.3, -0.25) is 0 Å². The van der Waals surface area contributed by atoms with Gasteiger partial charge in [0.1, 0.15) is 5.75 Å². The Bertz CT molecular complexity index is 478. The molecule has 0 bridgehead atoms. The van der Waals surface area contributed by atoms with Gasteiger partial charge >= 0.3 is 0 Å². The first-order valence-electron chi connectivity index (χ1n) is 3.44. The van der Waals surface area contributed by atoms with Crippen LogP contribution in [0.5, 0.6) is 5.75 Å². The Labute approximate surface area is 73.7 Å². The van der Waals surface area contributed by atoms with E-state index in [1.807, 2.05) is 6.07 Å². The fourth-order valence-corrected chi connectivity index (χ4v) is 1.23. The van der Waals surface area contributed by atoms with Crippen LogP contribution in [0, 0.1) is 4.77 Å². The summed E-state index contributed by atoms with van der Waals surface area (Å²) < 4.78 is 0.424. The molecule has 60 valence electrons. The van der Waals surface area contributed by atoms with E-state index in [2.05, 4.69) is 9.97 Å². The molecule has 0 saturated heterocycles. The number of aromatic hydroxyl groups is 1. The van der Waals surface area contributed by atoms with Crippen LogP contribution in [0.25, 0.3) is 10.9 Å². The third-order valence-corrected chi connectivity index (χ3v) is 1.84. The Balaban J connectivity index is 2.96. The minimum atomic E-state index is 0.214. The molecule has 0 radical (unpaired) electrons. The molecule has 2 rings (SSSR count). The molecule has 0 aliphatic heterocycles. The van der Waals surface area contributed by atoms with Crippen molar-refractivity contribution in [1.29, 1.82) is 0 Å². The highest BCUT2D eigenvalue weighted by molar-refractivity contribution is 7.71. The van der Waals surface area contributed by atoms with Crippen LogP contribution in [-0.2, 0) is 0 Å². The number of hydrogen-bond donors (Lipinski definition) is 2.